The molecule has 1 aliphatic heterocycles. The predicted octanol–water partition coefficient (Wildman–Crippen LogP) is 3.45. The molecule has 1 heterocycles. The number of carbonyl (C=O) groups excluding carboxylic acids is 1. The average Bonchev–Trinajstić information content (AvgIpc) is 2.74. The quantitative estimate of drug-likeness (QED) is 0.584. The molecule has 1 aromatic rings. The van der Waals surface area contributed by atoms with E-state index in [1.165, 1.54) is 6.42 Å². The number of hydrogen-bond acceptors (Lipinski definition) is 4. The van der Waals surface area contributed by atoms with Gasteiger partial charge in [0.05, 0.1) is 15.7 Å². The van der Waals surface area contributed by atoms with Crippen molar-refractivity contribution in [3.05, 3.63) is 28.2 Å². The zero-order chi connectivity index (χ0) is 21.5. The fourth-order valence-electron chi connectivity index (χ4n) is 4.30. The number of nitrogens with zero attached hydrogens (tertiary/aromatic N) is 2. The molecule has 2 fully saturated rings. The summed E-state index contributed by atoms with van der Waals surface area (Å²) in [5.74, 6) is -0.351. The molecule has 7 nitrogen and oxygen atoms in total. The van der Waals surface area contributed by atoms with Gasteiger partial charge in [0.1, 0.15) is 6.54 Å². The van der Waals surface area contributed by atoms with Crippen LogP contribution in [0.5, 0.6) is 0 Å². The van der Waals surface area contributed by atoms with Crippen molar-refractivity contribution in [3.8, 4) is 0 Å². The maximum absolute atomic E-state index is 11.7. The summed E-state index contributed by atoms with van der Waals surface area (Å²) >= 11 is 12.5. The Kier molecular flexibility index (Phi) is 8.48. The Hall–Kier alpha value is -1.70. The van der Waals surface area contributed by atoms with Gasteiger partial charge < -0.3 is 20.6 Å². The molecule has 1 saturated carbocycles. The number of carboxylic acid groups (broad SMARTS) is 1. The Morgan fingerprint density at radius 3 is 2.43 bits per heavy atom. The molecule has 9 heteroatoms. The van der Waals surface area contributed by atoms with Crippen LogP contribution in [0.2, 0.25) is 10.0 Å². The van der Waals surface area contributed by atoms with Gasteiger partial charge in [-0.1, -0.05) is 29.3 Å². The molecule has 30 heavy (non-hydrogen) atoms. The number of carbonyl (C=O) groups is 2. The predicted molar refractivity (Wildman–Crippen MR) is 120 cm³/mol. The Morgan fingerprint density at radius 2 is 1.77 bits per heavy atom. The molecule has 0 atom stereocenters. The van der Waals surface area contributed by atoms with Crippen LogP contribution >= 0.6 is 23.2 Å². The van der Waals surface area contributed by atoms with Gasteiger partial charge in [-0.2, -0.15) is 0 Å². The normalized spacial score (nSPS) is 22.5. The summed E-state index contributed by atoms with van der Waals surface area (Å²) in [7, 11) is 0. The number of hydrogen-bond donors (Lipinski definition) is 3. The lowest BCUT2D eigenvalue weighted by molar-refractivity contribution is -0.135. The van der Waals surface area contributed by atoms with E-state index in [2.05, 4.69) is 20.4 Å². The minimum absolute atomic E-state index is 0.140. The zero-order valence-electron chi connectivity index (χ0n) is 17.1. The molecular formula is C21H30Cl2N4O3. The van der Waals surface area contributed by atoms with Crippen LogP contribution < -0.4 is 15.5 Å². The number of anilines is 1. The van der Waals surface area contributed by atoms with Gasteiger partial charge in [0.15, 0.2) is 0 Å². The zero-order valence-corrected chi connectivity index (χ0v) is 18.6. The maximum atomic E-state index is 11.7. The van der Waals surface area contributed by atoms with E-state index < -0.39 is 12.0 Å². The fourth-order valence-corrected chi connectivity index (χ4v) is 4.72. The molecule has 166 valence electrons. The maximum Gasteiger partial charge on any atom is 0.323 e. The van der Waals surface area contributed by atoms with E-state index in [-0.39, 0.29) is 12.6 Å². The van der Waals surface area contributed by atoms with Crippen molar-refractivity contribution in [2.75, 3.05) is 44.2 Å². The fraction of sp³-hybridized carbons (Fsp3) is 0.619. The second-order valence-corrected chi connectivity index (χ2v) is 8.91. The van der Waals surface area contributed by atoms with Crippen molar-refractivity contribution in [1.82, 2.24) is 15.5 Å². The van der Waals surface area contributed by atoms with E-state index in [4.69, 9.17) is 28.3 Å². The first-order valence-corrected chi connectivity index (χ1v) is 11.4. The Balaban J connectivity index is 1.32. The van der Waals surface area contributed by atoms with Crippen molar-refractivity contribution in [3.63, 3.8) is 0 Å². The highest BCUT2D eigenvalue weighted by atomic mass is 35.5. The van der Waals surface area contributed by atoms with E-state index in [1.54, 1.807) is 0 Å². The largest absolute Gasteiger partial charge is 0.480 e. The number of amides is 2. The lowest BCUT2D eigenvalue weighted by Gasteiger charge is -2.37. The number of piperazine rings is 1. The lowest BCUT2D eigenvalue weighted by atomic mass is 9.84. The van der Waals surface area contributed by atoms with Gasteiger partial charge in [-0.05, 0) is 56.7 Å². The van der Waals surface area contributed by atoms with E-state index >= 15 is 0 Å². The van der Waals surface area contributed by atoms with Gasteiger partial charge in [0.25, 0.3) is 0 Å². The molecule has 1 aliphatic carbocycles. The Labute approximate surface area is 187 Å². The molecule has 3 N–H and O–H groups in total. The van der Waals surface area contributed by atoms with Gasteiger partial charge >= 0.3 is 12.0 Å². The third-order valence-corrected chi connectivity index (χ3v) is 6.89. The summed E-state index contributed by atoms with van der Waals surface area (Å²) in [6, 6.07) is 5.53. The minimum atomic E-state index is -1.04. The number of carboxylic acids is 1. The van der Waals surface area contributed by atoms with Crippen molar-refractivity contribution in [1.29, 1.82) is 0 Å². The third-order valence-electron chi connectivity index (χ3n) is 6.08. The van der Waals surface area contributed by atoms with Crippen LogP contribution in [-0.2, 0) is 4.79 Å². The van der Waals surface area contributed by atoms with E-state index in [9.17, 15) is 9.59 Å². The number of benzene rings is 1. The van der Waals surface area contributed by atoms with Crippen molar-refractivity contribution in [2.45, 2.75) is 38.1 Å². The minimum Gasteiger partial charge on any atom is -0.480 e. The van der Waals surface area contributed by atoms with Crippen LogP contribution in [0.15, 0.2) is 18.2 Å². The van der Waals surface area contributed by atoms with Gasteiger partial charge in [0.2, 0.25) is 0 Å². The highest BCUT2D eigenvalue weighted by molar-refractivity contribution is 6.43. The van der Waals surface area contributed by atoms with Gasteiger partial charge in [-0.25, -0.2) is 4.79 Å². The Bertz CT molecular complexity index is 733. The second kappa shape index (κ2) is 11.1. The summed E-state index contributed by atoms with van der Waals surface area (Å²) in [4.78, 5) is 27.0. The van der Waals surface area contributed by atoms with Crippen LogP contribution in [0.1, 0.15) is 32.1 Å². The average molecular weight is 457 g/mol. The second-order valence-electron chi connectivity index (χ2n) is 8.13. The van der Waals surface area contributed by atoms with Crippen LogP contribution in [-0.4, -0.2) is 67.3 Å². The molecule has 0 aromatic heterocycles. The smallest absolute Gasteiger partial charge is 0.323 e. The number of rotatable bonds is 7. The molecule has 1 aromatic carbocycles. The van der Waals surface area contributed by atoms with E-state index in [0.717, 1.165) is 64.1 Å². The Morgan fingerprint density at radius 1 is 1.07 bits per heavy atom. The molecule has 1 saturated heterocycles. The lowest BCUT2D eigenvalue weighted by Crippen LogP contribution is -2.47. The third kappa shape index (κ3) is 6.65. The standard InChI is InChI=1S/C21H30Cl2N4O3/c22-17-2-1-3-18(20(17)23)27-12-10-26(11-13-27)9-8-15-4-6-16(7-5-15)25-21(30)24-14-19(28)29/h1-3,15-16H,4-14H2,(H,28,29)(H2,24,25,30). The number of nitrogens with one attached hydrogen (secondary N) is 2. The topological polar surface area (TPSA) is 84.9 Å². The summed E-state index contributed by atoms with van der Waals surface area (Å²) in [6.45, 7) is 4.67. The van der Waals surface area contributed by atoms with Crippen molar-refractivity contribution >= 4 is 40.9 Å². The molecule has 2 aliphatic rings. The molecule has 3 rings (SSSR count). The van der Waals surface area contributed by atoms with E-state index in [1.807, 2.05) is 18.2 Å². The van der Waals surface area contributed by atoms with Gasteiger partial charge in [-0.3, -0.25) is 9.69 Å². The number of aliphatic carboxylic acids is 1. The molecular weight excluding hydrogens is 427 g/mol. The molecule has 2 amide bonds. The summed E-state index contributed by atoms with van der Waals surface area (Å²) < 4.78 is 0. The van der Waals surface area contributed by atoms with Gasteiger partial charge in [0, 0.05) is 32.2 Å². The first-order valence-electron chi connectivity index (χ1n) is 10.6. The van der Waals surface area contributed by atoms with Crippen LogP contribution in [0.25, 0.3) is 0 Å². The number of urea groups is 1. The highest BCUT2D eigenvalue weighted by Crippen LogP contribution is 2.33. The molecule has 0 bridgehead atoms. The highest BCUT2D eigenvalue weighted by Gasteiger charge is 2.24. The SMILES string of the molecule is O=C(O)CNC(=O)NC1CCC(CCN2CCN(c3cccc(Cl)c3Cl)CC2)CC1. The molecule has 0 radical (unpaired) electrons. The van der Waals surface area contributed by atoms with E-state index in [0.29, 0.717) is 16.0 Å². The van der Waals surface area contributed by atoms with Crippen LogP contribution in [0.4, 0.5) is 10.5 Å². The van der Waals surface area contributed by atoms with Crippen LogP contribution in [0, 0.1) is 5.92 Å². The van der Waals surface area contributed by atoms with Crippen molar-refractivity contribution in [2.24, 2.45) is 5.92 Å². The first-order chi connectivity index (χ1) is 14.4. The molecule has 0 spiro atoms. The van der Waals surface area contributed by atoms with Crippen LogP contribution in [0.3, 0.4) is 0 Å². The summed E-state index contributed by atoms with van der Waals surface area (Å²) in [5.41, 5.74) is 1.02. The van der Waals surface area contributed by atoms with Crippen molar-refractivity contribution < 1.29 is 14.7 Å². The monoisotopic (exact) mass is 456 g/mol. The molecule has 0 unspecified atom stereocenters. The summed E-state index contributed by atoms with van der Waals surface area (Å²) in [6.07, 6.45) is 5.28. The number of halogens is 2. The first kappa shape index (κ1) is 23.0. The summed E-state index contributed by atoms with van der Waals surface area (Å²) in [5, 5.41) is 15.1. The van der Waals surface area contributed by atoms with Gasteiger partial charge in [-0.15, -0.1) is 0 Å².